The first kappa shape index (κ1) is 12.8. The molecule has 2 aliphatic rings. The van der Waals surface area contributed by atoms with Crippen molar-refractivity contribution in [3.63, 3.8) is 0 Å². The number of ether oxygens (including phenoxy) is 4. The summed E-state index contributed by atoms with van der Waals surface area (Å²) in [5, 5.41) is 0. The molecule has 0 amide bonds. The zero-order valence-corrected chi connectivity index (χ0v) is 10.1. The van der Waals surface area contributed by atoms with Crippen LogP contribution in [-0.4, -0.2) is 32.6 Å². The van der Waals surface area contributed by atoms with Crippen LogP contribution < -0.4 is 0 Å². The summed E-state index contributed by atoms with van der Waals surface area (Å²) in [7, 11) is 0. The first-order valence-corrected chi connectivity index (χ1v) is 6.05. The molecule has 0 aliphatic carbocycles. The third-order valence-corrected chi connectivity index (χ3v) is 2.98. The second kappa shape index (κ2) is 5.78. The highest BCUT2D eigenvalue weighted by atomic mass is 17.0. The van der Waals surface area contributed by atoms with Crippen LogP contribution in [0.1, 0.15) is 12.8 Å². The lowest BCUT2D eigenvalue weighted by atomic mass is 10.1. The molecule has 0 bridgehead atoms. The summed E-state index contributed by atoms with van der Waals surface area (Å²) in [6, 6.07) is 0. The quantitative estimate of drug-likeness (QED) is 0.705. The molecule has 2 fully saturated rings. The Hall–Kier alpha value is -0.680. The minimum Gasteiger partial charge on any atom is -0.303 e. The first-order valence-electron chi connectivity index (χ1n) is 6.05. The SMILES string of the molecule is C=CCC1COC2(OC1)OCC(CC=C)CO2. The summed E-state index contributed by atoms with van der Waals surface area (Å²) in [5.74, 6) is 0.687. The fourth-order valence-corrected chi connectivity index (χ4v) is 1.97. The van der Waals surface area contributed by atoms with E-state index in [0.29, 0.717) is 38.3 Å². The first-order chi connectivity index (χ1) is 8.28. The van der Waals surface area contributed by atoms with Gasteiger partial charge < -0.3 is 18.9 Å². The fraction of sp³-hybridized carbons (Fsp3) is 0.692. The second-order valence-corrected chi connectivity index (χ2v) is 4.52. The van der Waals surface area contributed by atoms with Gasteiger partial charge in [-0.05, 0) is 12.8 Å². The van der Waals surface area contributed by atoms with E-state index in [1.807, 2.05) is 12.2 Å². The molecule has 0 aromatic rings. The highest BCUT2D eigenvalue weighted by Crippen LogP contribution is 2.31. The van der Waals surface area contributed by atoms with Gasteiger partial charge in [0.25, 0.3) is 0 Å². The van der Waals surface area contributed by atoms with E-state index in [0.717, 1.165) is 12.8 Å². The Kier molecular flexibility index (Phi) is 4.34. The van der Waals surface area contributed by atoms with Crippen LogP contribution in [0.3, 0.4) is 0 Å². The van der Waals surface area contributed by atoms with Crippen molar-refractivity contribution in [1.29, 1.82) is 0 Å². The lowest BCUT2D eigenvalue weighted by Gasteiger charge is -2.42. The van der Waals surface area contributed by atoms with E-state index in [1.54, 1.807) is 0 Å². The van der Waals surface area contributed by atoms with Gasteiger partial charge in [0, 0.05) is 11.8 Å². The predicted octanol–water partition coefficient (Wildman–Crippen LogP) is 2.08. The van der Waals surface area contributed by atoms with Crippen LogP contribution in [0.4, 0.5) is 0 Å². The molecule has 0 radical (unpaired) electrons. The zero-order chi connectivity index (χ0) is 12.1. The maximum atomic E-state index is 5.56. The maximum Gasteiger partial charge on any atom is 0.412 e. The molecule has 17 heavy (non-hydrogen) atoms. The van der Waals surface area contributed by atoms with Crippen molar-refractivity contribution in [3.05, 3.63) is 25.3 Å². The maximum absolute atomic E-state index is 5.56. The molecule has 0 aromatic carbocycles. The molecule has 0 saturated carbocycles. The summed E-state index contributed by atoms with van der Waals surface area (Å²) >= 11 is 0. The molecule has 2 heterocycles. The molecule has 4 nitrogen and oxygen atoms in total. The van der Waals surface area contributed by atoms with Crippen LogP contribution in [0.2, 0.25) is 0 Å². The normalized spacial score (nSPS) is 37.9. The molecular formula is C13H20O4. The van der Waals surface area contributed by atoms with E-state index in [9.17, 15) is 0 Å². The Balaban J connectivity index is 1.79. The molecule has 2 saturated heterocycles. The third kappa shape index (κ3) is 3.16. The molecule has 96 valence electrons. The van der Waals surface area contributed by atoms with Gasteiger partial charge in [-0.1, -0.05) is 12.2 Å². The second-order valence-electron chi connectivity index (χ2n) is 4.52. The summed E-state index contributed by atoms with van der Waals surface area (Å²) in [6.45, 7) is 9.74. The molecule has 0 atom stereocenters. The van der Waals surface area contributed by atoms with Crippen LogP contribution in [0.15, 0.2) is 25.3 Å². The van der Waals surface area contributed by atoms with Gasteiger partial charge in [0.15, 0.2) is 0 Å². The number of rotatable bonds is 4. The van der Waals surface area contributed by atoms with Crippen LogP contribution in [0, 0.1) is 11.8 Å². The number of hydrogen-bond acceptors (Lipinski definition) is 4. The minimum absolute atomic E-state index is 0.344. The molecule has 2 aliphatic heterocycles. The lowest BCUT2D eigenvalue weighted by molar-refractivity contribution is -0.534. The molecule has 0 N–H and O–H groups in total. The van der Waals surface area contributed by atoms with Gasteiger partial charge in [-0.3, -0.25) is 0 Å². The Morgan fingerprint density at radius 2 is 1.18 bits per heavy atom. The smallest absolute Gasteiger partial charge is 0.303 e. The summed E-state index contributed by atoms with van der Waals surface area (Å²) in [5.41, 5.74) is 0. The van der Waals surface area contributed by atoms with Gasteiger partial charge in [0.05, 0.1) is 26.4 Å². The van der Waals surface area contributed by atoms with E-state index in [1.165, 1.54) is 0 Å². The van der Waals surface area contributed by atoms with Crippen LogP contribution >= 0.6 is 0 Å². The van der Waals surface area contributed by atoms with E-state index >= 15 is 0 Å². The Bertz CT molecular complexity index is 229. The standard InChI is InChI=1S/C13H20O4/c1-3-5-11-7-14-13(15-8-11)16-9-12(6-4-2)10-17-13/h3-4,11-12H,1-2,5-10H2. The average Bonchev–Trinajstić information content (AvgIpc) is 2.36. The van der Waals surface area contributed by atoms with Crippen LogP contribution in [-0.2, 0) is 18.9 Å². The van der Waals surface area contributed by atoms with Gasteiger partial charge in [0.2, 0.25) is 0 Å². The van der Waals surface area contributed by atoms with Gasteiger partial charge in [0.1, 0.15) is 0 Å². The molecule has 4 heteroatoms. The summed E-state index contributed by atoms with van der Waals surface area (Å²) < 4.78 is 22.2. The van der Waals surface area contributed by atoms with Gasteiger partial charge in [-0.25, -0.2) is 0 Å². The topological polar surface area (TPSA) is 36.9 Å². The van der Waals surface area contributed by atoms with Gasteiger partial charge in [-0.15, -0.1) is 13.2 Å². The van der Waals surface area contributed by atoms with Crippen molar-refractivity contribution in [3.8, 4) is 0 Å². The Labute approximate surface area is 102 Å². The van der Waals surface area contributed by atoms with Crippen molar-refractivity contribution >= 4 is 0 Å². The Morgan fingerprint density at radius 1 is 0.824 bits per heavy atom. The molecule has 0 unspecified atom stereocenters. The third-order valence-electron chi connectivity index (χ3n) is 2.98. The van der Waals surface area contributed by atoms with Crippen molar-refractivity contribution < 1.29 is 18.9 Å². The largest absolute Gasteiger partial charge is 0.412 e. The van der Waals surface area contributed by atoms with E-state index in [4.69, 9.17) is 18.9 Å². The average molecular weight is 240 g/mol. The van der Waals surface area contributed by atoms with Crippen molar-refractivity contribution in [2.75, 3.05) is 26.4 Å². The van der Waals surface area contributed by atoms with Crippen molar-refractivity contribution in [1.82, 2.24) is 0 Å². The minimum atomic E-state index is -1.25. The monoisotopic (exact) mass is 240 g/mol. The Morgan fingerprint density at radius 3 is 1.47 bits per heavy atom. The summed E-state index contributed by atoms with van der Waals surface area (Å²) in [4.78, 5) is 0. The number of allylic oxidation sites excluding steroid dienone is 2. The summed E-state index contributed by atoms with van der Waals surface area (Å²) in [6.07, 6.45) is 4.26. The van der Waals surface area contributed by atoms with Crippen LogP contribution in [0.25, 0.3) is 0 Å². The van der Waals surface area contributed by atoms with Gasteiger partial charge in [-0.2, -0.15) is 0 Å². The van der Waals surface area contributed by atoms with Crippen molar-refractivity contribution in [2.45, 2.75) is 19.0 Å². The highest BCUT2D eigenvalue weighted by molar-refractivity contribution is 4.77. The zero-order valence-electron chi connectivity index (χ0n) is 10.1. The fourth-order valence-electron chi connectivity index (χ4n) is 1.97. The molecule has 2 rings (SSSR count). The van der Waals surface area contributed by atoms with E-state index in [-0.39, 0.29) is 0 Å². The highest BCUT2D eigenvalue weighted by Gasteiger charge is 2.44. The van der Waals surface area contributed by atoms with E-state index < -0.39 is 6.16 Å². The number of hydrogen-bond donors (Lipinski definition) is 0. The molecule has 0 aromatic heterocycles. The van der Waals surface area contributed by atoms with Gasteiger partial charge >= 0.3 is 6.16 Å². The van der Waals surface area contributed by atoms with E-state index in [2.05, 4.69) is 13.2 Å². The lowest BCUT2D eigenvalue weighted by Crippen LogP contribution is -2.52. The van der Waals surface area contributed by atoms with Crippen LogP contribution in [0.5, 0.6) is 0 Å². The molecular weight excluding hydrogens is 220 g/mol. The predicted molar refractivity (Wildman–Crippen MR) is 63.1 cm³/mol. The van der Waals surface area contributed by atoms with Crippen molar-refractivity contribution in [2.24, 2.45) is 11.8 Å². The molecule has 1 spiro atoms.